The van der Waals surface area contributed by atoms with Gasteiger partial charge in [-0.3, -0.25) is 9.69 Å². The highest BCUT2D eigenvalue weighted by Gasteiger charge is 2.23. The largest absolute Gasteiger partial charge is 0.344 e. The van der Waals surface area contributed by atoms with Crippen LogP contribution in [0.2, 0.25) is 0 Å². The molecule has 6 nitrogen and oxygen atoms in total. The van der Waals surface area contributed by atoms with Crippen molar-refractivity contribution in [3.8, 4) is 0 Å². The smallest absolute Gasteiger partial charge is 0.252 e. The van der Waals surface area contributed by atoms with Crippen molar-refractivity contribution in [2.24, 2.45) is 0 Å². The highest BCUT2D eigenvalue weighted by molar-refractivity contribution is 7.90. The molecule has 2 aromatic carbocycles. The molecule has 3 rings (SSSR count). The van der Waals surface area contributed by atoms with Crippen LogP contribution in [0, 0.1) is 6.92 Å². The van der Waals surface area contributed by atoms with Gasteiger partial charge in [0, 0.05) is 44.5 Å². The lowest BCUT2D eigenvalue weighted by Gasteiger charge is -2.35. The second-order valence-electron chi connectivity index (χ2n) is 7.79. The van der Waals surface area contributed by atoms with Gasteiger partial charge < -0.3 is 10.2 Å². The van der Waals surface area contributed by atoms with E-state index in [1.165, 1.54) is 6.07 Å². The Hall–Kier alpha value is -2.22. The maximum atomic E-state index is 13.1. The molecule has 1 heterocycles. The quantitative estimate of drug-likeness (QED) is 0.783. The van der Waals surface area contributed by atoms with Gasteiger partial charge in [0.05, 0.1) is 10.9 Å². The van der Waals surface area contributed by atoms with E-state index in [1.54, 1.807) is 12.1 Å². The van der Waals surface area contributed by atoms with Crippen LogP contribution in [0.1, 0.15) is 27.5 Å². The molecule has 0 radical (unpaired) electrons. The molecule has 0 saturated carbocycles. The van der Waals surface area contributed by atoms with Gasteiger partial charge in [-0.15, -0.1) is 0 Å². The molecule has 1 atom stereocenters. The number of hydrogen-bond acceptors (Lipinski definition) is 5. The molecule has 0 aliphatic carbocycles. The standard InChI is InChI=1S/C22H29N3O3S/c1-17-9-10-19(29(3,27)28)15-20(17)22(26)23-21(18-7-5-4-6-8-18)16-25-13-11-24(2)12-14-25/h4-10,15,21H,11-14,16H2,1-3H3,(H,23,26). The molecule has 1 amide bonds. The van der Waals surface area contributed by atoms with Gasteiger partial charge in [0.1, 0.15) is 0 Å². The van der Waals surface area contributed by atoms with Gasteiger partial charge in [0.2, 0.25) is 0 Å². The molecule has 156 valence electrons. The predicted molar refractivity (Wildman–Crippen MR) is 115 cm³/mol. The molecule has 0 spiro atoms. The van der Waals surface area contributed by atoms with E-state index in [4.69, 9.17) is 0 Å². The molecule has 1 N–H and O–H groups in total. The van der Waals surface area contributed by atoms with Crippen LogP contribution in [0.3, 0.4) is 0 Å². The minimum atomic E-state index is -3.38. The Balaban J connectivity index is 1.83. The first kappa shape index (κ1) is 21.5. The Kier molecular flexibility index (Phi) is 6.72. The molecule has 0 aromatic heterocycles. The van der Waals surface area contributed by atoms with E-state index in [1.807, 2.05) is 37.3 Å². The van der Waals surface area contributed by atoms with Crippen molar-refractivity contribution in [2.45, 2.75) is 17.9 Å². The molecule has 0 bridgehead atoms. The van der Waals surface area contributed by atoms with E-state index < -0.39 is 9.84 Å². The summed E-state index contributed by atoms with van der Waals surface area (Å²) < 4.78 is 23.8. The maximum absolute atomic E-state index is 13.1. The number of amides is 1. The summed E-state index contributed by atoms with van der Waals surface area (Å²) in [5.74, 6) is -0.254. The third kappa shape index (κ3) is 5.65. The highest BCUT2D eigenvalue weighted by Crippen LogP contribution is 2.19. The van der Waals surface area contributed by atoms with Gasteiger partial charge in [0.25, 0.3) is 5.91 Å². The number of hydrogen-bond donors (Lipinski definition) is 1. The topological polar surface area (TPSA) is 69.7 Å². The number of carbonyl (C=O) groups excluding carboxylic acids is 1. The third-order valence-electron chi connectivity index (χ3n) is 5.43. The molecule has 2 aromatic rings. The Bertz CT molecular complexity index is 953. The minimum Gasteiger partial charge on any atom is -0.344 e. The molecule has 1 fully saturated rings. The number of rotatable bonds is 6. The third-order valence-corrected chi connectivity index (χ3v) is 6.54. The Morgan fingerprint density at radius 2 is 1.72 bits per heavy atom. The first-order valence-corrected chi connectivity index (χ1v) is 11.7. The van der Waals surface area contributed by atoms with Crippen LogP contribution >= 0.6 is 0 Å². The molecule has 1 unspecified atom stereocenters. The van der Waals surface area contributed by atoms with Crippen LogP contribution in [0.5, 0.6) is 0 Å². The van der Waals surface area contributed by atoms with Gasteiger partial charge >= 0.3 is 0 Å². The number of piperazine rings is 1. The number of sulfone groups is 1. The number of benzene rings is 2. The molecule has 1 aliphatic heterocycles. The minimum absolute atomic E-state index is 0.156. The van der Waals surface area contributed by atoms with Crippen molar-refractivity contribution in [1.82, 2.24) is 15.1 Å². The van der Waals surface area contributed by atoms with Gasteiger partial charge in [-0.1, -0.05) is 36.4 Å². The summed E-state index contributed by atoms with van der Waals surface area (Å²) in [6, 6.07) is 14.4. The van der Waals surface area contributed by atoms with Crippen molar-refractivity contribution in [3.63, 3.8) is 0 Å². The van der Waals surface area contributed by atoms with E-state index >= 15 is 0 Å². The van der Waals surface area contributed by atoms with E-state index in [2.05, 4.69) is 22.2 Å². The molecule has 7 heteroatoms. The van der Waals surface area contributed by atoms with Gasteiger partial charge in [0.15, 0.2) is 9.84 Å². The SMILES string of the molecule is Cc1ccc(S(C)(=O)=O)cc1C(=O)NC(CN1CCN(C)CC1)c1ccccc1. The maximum Gasteiger partial charge on any atom is 0.252 e. The molecule has 1 saturated heterocycles. The molecular formula is C22H29N3O3S. The van der Waals surface area contributed by atoms with Gasteiger partial charge in [-0.2, -0.15) is 0 Å². The van der Waals surface area contributed by atoms with E-state index in [-0.39, 0.29) is 16.8 Å². The van der Waals surface area contributed by atoms with Crippen molar-refractivity contribution < 1.29 is 13.2 Å². The second kappa shape index (κ2) is 9.07. The van der Waals surface area contributed by atoms with Crippen LogP contribution in [0.4, 0.5) is 0 Å². The lowest BCUT2D eigenvalue weighted by Crippen LogP contribution is -2.47. The zero-order valence-corrected chi connectivity index (χ0v) is 18.1. The van der Waals surface area contributed by atoms with E-state index in [0.717, 1.165) is 43.6 Å². The summed E-state index contributed by atoms with van der Waals surface area (Å²) >= 11 is 0. The van der Waals surface area contributed by atoms with Gasteiger partial charge in [-0.05, 0) is 37.2 Å². The normalized spacial score (nSPS) is 17.1. The zero-order chi connectivity index (χ0) is 21.0. The average Bonchev–Trinajstić information content (AvgIpc) is 2.69. The monoisotopic (exact) mass is 415 g/mol. The first-order chi connectivity index (χ1) is 13.7. The number of carbonyl (C=O) groups is 1. The van der Waals surface area contributed by atoms with Crippen molar-refractivity contribution in [1.29, 1.82) is 0 Å². The summed E-state index contributed by atoms with van der Waals surface area (Å²) in [4.78, 5) is 17.9. The fraction of sp³-hybridized carbons (Fsp3) is 0.409. The Morgan fingerprint density at radius 3 is 2.34 bits per heavy atom. The van der Waals surface area contributed by atoms with Crippen molar-refractivity contribution in [3.05, 3.63) is 65.2 Å². The zero-order valence-electron chi connectivity index (χ0n) is 17.3. The summed E-state index contributed by atoms with van der Waals surface area (Å²) in [5.41, 5.74) is 2.19. The van der Waals surface area contributed by atoms with Crippen LogP contribution in [-0.2, 0) is 9.84 Å². The fourth-order valence-electron chi connectivity index (χ4n) is 3.52. The number of likely N-dealkylation sites (N-methyl/N-ethyl adjacent to an activating group) is 1. The lowest BCUT2D eigenvalue weighted by molar-refractivity contribution is 0.0906. The summed E-state index contributed by atoms with van der Waals surface area (Å²) in [7, 11) is -1.26. The second-order valence-corrected chi connectivity index (χ2v) is 9.81. The summed E-state index contributed by atoms with van der Waals surface area (Å²) in [5, 5.41) is 3.14. The van der Waals surface area contributed by atoms with Crippen LogP contribution in [0.25, 0.3) is 0 Å². The van der Waals surface area contributed by atoms with Crippen LogP contribution in [-0.4, -0.2) is 70.2 Å². The van der Waals surface area contributed by atoms with E-state index in [9.17, 15) is 13.2 Å². The van der Waals surface area contributed by atoms with Gasteiger partial charge in [-0.25, -0.2) is 8.42 Å². The van der Waals surface area contributed by atoms with Crippen LogP contribution < -0.4 is 5.32 Å². The average molecular weight is 416 g/mol. The molecule has 29 heavy (non-hydrogen) atoms. The fourth-order valence-corrected chi connectivity index (χ4v) is 4.17. The molecule has 1 aliphatic rings. The Morgan fingerprint density at radius 1 is 1.07 bits per heavy atom. The van der Waals surface area contributed by atoms with E-state index in [0.29, 0.717) is 12.1 Å². The summed E-state index contributed by atoms with van der Waals surface area (Å²) in [6.07, 6.45) is 1.15. The summed E-state index contributed by atoms with van der Waals surface area (Å²) in [6.45, 7) is 6.46. The number of nitrogens with one attached hydrogen (secondary N) is 1. The van der Waals surface area contributed by atoms with Crippen molar-refractivity contribution in [2.75, 3.05) is 46.0 Å². The molecular weight excluding hydrogens is 386 g/mol. The first-order valence-electron chi connectivity index (χ1n) is 9.81. The Labute approximate surface area is 173 Å². The highest BCUT2D eigenvalue weighted by atomic mass is 32.2. The lowest BCUT2D eigenvalue weighted by atomic mass is 10.0. The number of aryl methyl sites for hydroxylation is 1. The predicted octanol–water partition coefficient (Wildman–Crippen LogP) is 2.12. The van der Waals surface area contributed by atoms with Crippen LogP contribution in [0.15, 0.2) is 53.4 Å². The van der Waals surface area contributed by atoms with Crippen molar-refractivity contribution >= 4 is 15.7 Å². The number of nitrogens with zero attached hydrogens (tertiary/aromatic N) is 2.